The number of methoxy groups -OCH3 is 1. The largest absolute Gasteiger partial charge is 0.494 e. The van der Waals surface area contributed by atoms with Crippen molar-refractivity contribution in [1.82, 2.24) is 10.2 Å². The Labute approximate surface area is 165 Å². The lowest BCUT2D eigenvalue weighted by Gasteiger charge is -2.21. The molecule has 1 aliphatic rings. The van der Waals surface area contributed by atoms with E-state index in [0.717, 1.165) is 35.6 Å². The van der Waals surface area contributed by atoms with E-state index < -0.39 is 0 Å². The first kappa shape index (κ1) is 18.4. The Kier molecular flexibility index (Phi) is 5.51. The van der Waals surface area contributed by atoms with E-state index in [4.69, 9.17) is 9.47 Å². The summed E-state index contributed by atoms with van der Waals surface area (Å²) in [5, 5.41) is 16.5. The molecule has 0 bridgehead atoms. The number of ether oxygens (including phenoxy) is 2. The molecule has 1 saturated carbocycles. The first-order valence-corrected chi connectivity index (χ1v) is 9.85. The molecule has 0 spiro atoms. The Balaban J connectivity index is 1.68. The van der Waals surface area contributed by atoms with Crippen LogP contribution < -0.4 is 9.47 Å². The summed E-state index contributed by atoms with van der Waals surface area (Å²) in [4.78, 5) is 0. The van der Waals surface area contributed by atoms with Crippen molar-refractivity contribution in [3.8, 4) is 17.4 Å². The summed E-state index contributed by atoms with van der Waals surface area (Å²) in [6.45, 7) is 0. The molecular formula is C23H26N2O3. The first-order valence-electron chi connectivity index (χ1n) is 9.85. The number of aromatic hydroxyl groups is 1. The summed E-state index contributed by atoms with van der Waals surface area (Å²) < 4.78 is 11.8. The molecule has 1 unspecified atom stereocenters. The fourth-order valence-electron chi connectivity index (χ4n) is 3.97. The number of rotatable bonds is 7. The summed E-state index contributed by atoms with van der Waals surface area (Å²) in [6, 6.07) is 18.2. The minimum Gasteiger partial charge on any atom is -0.494 e. The zero-order chi connectivity index (χ0) is 19.3. The van der Waals surface area contributed by atoms with Gasteiger partial charge in [0.25, 0.3) is 0 Å². The Morgan fingerprint density at radius 2 is 1.82 bits per heavy atom. The van der Waals surface area contributed by atoms with E-state index in [-0.39, 0.29) is 17.9 Å². The highest BCUT2D eigenvalue weighted by Gasteiger charge is 2.22. The summed E-state index contributed by atoms with van der Waals surface area (Å²) in [7, 11) is 1.68. The fraction of sp³-hybridized carbons (Fsp3) is 0.348. The summed E-state index contributed by atoms with van der Waals surface area (Å²) in [5.74, 6) is 1.75. The Hall–Kier alpha value is -2.95. The molecular weight excluding hydrogens is 352 g/mol. The molecule has 5 heteroatoms. The van der Waals surface area contributed by atoms with Gasteiger partial charge in [-0.25, -0.2) is 5.10 Å². The van der Waals surface area contributed by atoms with E-state index in [2.05, 4.69) is 34.5 Å². The van der Waals surface area contributed by atoms with Crippen molar-refractivity contribution in [3.05, 3.63) is 71.4 Å². The van der Waals surface area contributed by atoms with Gasteiger partial charge >= 0.3 is 0 Å². The van der Waals surface area contributed by atoms with Crippen LogP contribution in [0, 0.1) is 0 Å². The van der Waals surface area contributed by atoms with Gasteiger partial charge in [0, 0.05) is 18.4 Å². The van der Waals surface area contributed by atoms with Gasteiger partial charge < -0.3 is 14.6 Å². The Morgan fingerprint density at radius 1 is 1.04 bits per heavy atom. The lowest BCUT2D eigenvalue weighted by atomic mass is 9.87. The van der Waals surface area contributed by atoms with Crippen LogP contribution in [0.2, 0.25) is 0 Å². The van der Waals surface area contributed by atoms with Crippen LogP contribution in [0.15, 0.2) is 54.6 Å². The highest BCUT2D eigenvalue weighted by atomic mass is 16.5. The second kappa shape index (κ2) is 8.38. The number of nitrogens with one attached hydrogen (secondary N) is 1. The van der Waals surface area contributed by atoms with Crippen LogP contribution in [0.3, 0.4) is 0 Å². The molecule has 2 aromatic carbocycles. The van der Waals surface area contributed by atoms with E-state index in [0.29, 0.717) is 6.42 Å². The molecule has 3 aromatic rings. The summed E-state index contributed by atoms with van der Waals surface area (Å²) >= 11 is 0. The number of H-pyrrole nitrogens is 1. The van der Waals surface area contributed by atoms with Gasteiger partial charge in [0.05, 0.1) is 18.9 Å². The first-order chi connectivity index (χ1) is 13.7. The van der Waals surface area contributed by atoms with Crippen molar-refractivity contribution >= 4 is 0 Å². The Morgan fingerprint density at radius 3 is 2.50 bits per heavy atom. The van der Waals surface area contributed by atoms with Crippen LogP contribution in [-0.4, -0.2) is 28.5 Å². The number of benzene rings is 2. The van der Waals surface area contributed by atoms with Gasteiger partial charge in [-0.3, -0.25) is 0 Å². The second-order valence-corrected chi connectivity index (χ2v) is 7.35. The molecule has 1 heterocycles. The number of nitrogens with zero attached hydrogens (tertiary/aromatic N) is 1. The molecule has 1 atom stereocenters. The molecule has 1 aliphatic carbocycles. The van der Waals surface area contributed by atoms with Crippen LogP contribution >= 0.6 is 0 Å². The zero-order valence-corrected chi connectivity index (χ0v) is 16.1. The van der Waals surface area contributed by atoms with Crippen LogP contribution in [-0.2, 0) is 6.42 Å². The fourth-order valence-corrected chi connectivity index (χ4v) is 3.97. The maximum Gasteiger partial charge on any atom is 0.206 e. The lowest BCUT2D eigenvalue weighted by Crippen LogP contribution is -2.12. The molecule has 1 aromatic heterocycles. The molecule has 0 saturated heterocycles. The van der Waals surface area contributed by atoms with Crippen molar-refractivity contribution in [2.45, 2.75) is 44.1 Å². The molecule has 4 rings (SSSR count). The molecule has 2 N–H and O–H groups in total. The number of hydrogen-bond donors (Lipinski definition) is 2. The van der Waals surface area contributed by atoms with Gasteiger partial charge in [-0.1, -0.05) is 36.4 Å². The highest BCUT2D eigenvalue weighted by molar-refractivity contribution is 5.46. The van der Waals surface area contributed by atoms with Crippen molar-refractivity contribution in [1.29, 1.82) is 0 Å². The quantitative estimate of drug-likeness (QED) is 0.618. The second-order valence-electron chi connectivity index (χ2n) is 7.35. The standard InChI is InChI=1S/C23H26N2O3/c1-27-21-12-11-17(13-22(21)28-19-9-5-6-10-19)20(16-7-3-2-4-8-16)14-18-15-23(26)25-24-18/h2-4,7-8,11-13,15,19-20H,5-6,9-10,14H2,1H3,(H2,24,25,26). The third-order valence-electron chi connectivity index (χ3n) is 5.42. The zero-order valence-electron chi connectivity index (χ0n) is 16.1. The van der Waals surface area contributed by atoms with Crippen molar-refractivity contribution in [2.75, 3.05) is 7.11 Å². The maximum atomic E-state index is 9.62. The van der Waals surface area contributed by atoms with E-state index in [1.54, 1.807) is 13.2 Å². The van der Waals surface area contributed by atoms with Crippen LogP contribution in [0.4, 0.5) is 0 Å². The summed E-state index contributed by atoms with van der Waals surface area (Å²) in [5.41, 5.74) is 3.16. The van der Waals surface area contributed by atoms with Crippen molar-refractivity contribution in [2.24, 2.45) is 0 Å². The predicted octanol–water partition coefficient (Wildman–Crippen LogP) is 4.82. The third-order valence-corrected chi connectivity index (χ3v) is 5.42. The average molecular weight is 378 g/mol. The number of aromatic amines is 1. The SMILES string of the molecule is COc1ccc(C(Cc2cc(O)[nH]n2)c2ccccc2)cc1OC1CCCC1. The topological polar surface area (TPSA) is 67.4 Å². The van der Waals surface area contributed by atoms with Gasteiger partial charge in [-0.2, -0.15) is 5.10 Å². The molecule has 0 radical (unpaired) electrons. The molecule has 0 aliphatic heterocycles. The van der Waals surface area contributed by atoms with Gasteiger partial charge in [0.1, 0.15) is 0 Å². The monoisotopic (exact) mass is 378 g/mol. The lowest BCUT2D eigenvalue weighted by molar-refractivity contribution is 0.200. The van der Waals surface area contributed by atoms with Gasteiger partial charge in [-0.05, 0) is 48.9 Å². The van der Waals surface area contributed by atoms with Crippen LogP contribution in [0.5, 0.6) is 17.4 Å². The van der Waals surface area contributed by atoms with Crippen LogP contribution in [0.1, 0.15) is 48.4 Å². The third kappa shape index (κ3) is 4.14. The van der Waals surface area contributed by atoms with E-state index in [9.17, 15) is 5.11 Å². The molecule has 146 valence electrons. The molecule has 1 fully saturated rings. The minimum atomic E-state index is 0.0850. The minimum absolute atomic E-state index is 0.0850. The van der Waals surface area contributed by atoms with E-state index in [1.807, 2.05) is 24.3 Å². The highest BCUT2D eigenvalue weighted by Crippen LogP contribution is 2.37. The summed E-state index contributed by atoms with van der Waals surface area (Å²) in [6.07, 6.45) is 5.59. The normalized spacial score (nSPS) is 15.5. The molecule has 0 amide bonds. The van der Waals surface area contributed by atoms with Crippen molar-refractivity contribution in [3.63, 3.8) is 0 Å². The molecule has 28 heavy (non-hydrogen) atoms. The number of hydrogen-bond acceptors (Lipinski definition) is 4. The van der Waals surface area contributed by atoms with E-state index >= 15 is 0 Å². The van der Waals surface area contributed by atoms with Gasteiger partial charge in [0.15, 0.2) is 11.5 Å². The Bertz CT molecular complexity index is 901. The van der Waals surface area contributed by atoms with E-state index in [1.165, 1.54) is 18.4 Å². The van der Waals surface area contributed by atoms with Gasteiger partial charge in [-0.15, -0.1) is 0 Å². The average Bonchev–Trinajstić information content (AvgIpc) is 3.38. The maximum absolute atomic E-state index is 9.62. The number of aromatic nitrogens is 2. The van der Waals surface area contributed by atoms with Gasteiger partial charge in [0.2, 0.25) is 5.88 Å². The molecule has 5 nitrogen and oxygen atoms in total. The van der Waals surface area contributed by atoms with Crippen molar-refractivity contribution < 1.29 is 14.6 Å². The predicted molar refractivity (Wildman–Crippen MR) is 108 cm³/mol. The smallest absolute Gasteiger partial charge is 0.206 e. The van der Waals surface area contributed by atoms with Crippen LogP contribution in [0.25, 0.3) is 0 Å².